The van der Waals surface area contributed by atoms with E-state index in [1.807, 2.05) is 32.2 Å². The first-order valence-electron chi connectivity index (χ1n) is 7.60. The van der Waals surface area contributed by atoms with Crippen LogP contribution in [-0.4, -0.2) is 39.1 Å². The van der Waals surface area contributed by atoms with Crippen molar-refractivity contribution in [1.82, 2.24) is 25.4 Å². The predicted octanol–water partition coefficient (Wildman–Crippen LogP) is 0.774. The molecular weight excluding hydrogens is 294 g/mol. The number of nitrogens with zero attached hydrogens (tertiary/aromatic N) is 3. The second-order valence-electron chi connectivity index (χ2n) is 5.52. The molecule has 2 aromatic heterocycles. The zero-order valence-corrected chi connectivity index (χ0v) is 13.5. The van der Waals surface area contributed by atoms with Gasteiger partial charge < -0.3 is 15.7 Å². The number of pyridine rings is 1. The van der Waals surface area contributed by atoms with E-state index in [2.05, 4.69) is 20.7 Å². The lowest BCUT2D eigenvalue weighted by atomic mass is 10.0. The minimum atomic E-state index is -0.257. The number of aliphatic hydroxyl groups is 1. The molecule has 0 bridgehead atoms. The number of aromatic nitrogens is 3. The van der Waals surface area contributed by atoms with E-state index < -0.39 is 0 Å². The summed E-state index contributed by atoms with van der Waals surface area (Å²) in [5.41, 5.74) is 2.91. The third-order valence-corrected chi connectivity index (χ3v) is 3.81. The molecule has 2 rings (SSSR count). The van der Waals surface area contributed by atoms with Gasteiger partial charge in [-0.2, -0.15) is 5.10 Å². The maximum absolute atomic E-state index is 11.9. The first kappa shape index (κ1) is 17.0. The highest BCUT2D eigenvalue weighted by atomic mass is 16.3. The number of urea groups is 1. The highest BCUT2D eigenvalue weighted by Crippen LogP contribution is 2.06. The van der Waals surface area contributed by atoms with Crippen LogP contribution in [-0.2, 0) is 20.0 Å². The van der Waals surface area contributed by atoms with Crippen LogP contribution in [0.4, 0.5) is 4.79 Å². The fourth-order valence-electron chi connectivity index (χ4n) is 2.21. The Morgan fingerprint density at radius 2 is 2.22 bits per heavy atom. The molecule has 3 N–H and O–H groups in total. The third kappa shape index (κ3) is 5.07. The van der Waals surface area contributed by atoms with Crippen LogP contribution in [0.2, 0.25) is 0 Å². The van der Waals surface area contributed by atoms with Crippen LogP contribution < -0.4 is 10.6 Å². The van der Waals surface area contributed by atoms with Gasteiger partial charge in [-0.25, -0.2) is 4.79 Å². The quantitative estimate of drug-likeness (QED) is 0.703. The highest BCUT2D eigenvalue weighted by Gasteiger charge is 2.11. The van der Waals surface area contributed by atoms with Crippen LogP contribution in [0.5, 0.6) is 0 Å². The Balaban J connectivity index is 1.75. The average molecular weight is 317 g/mol. The van der Waals surface area contributed by atoms with Crippen LogP contribution in [0, 0.1) is 12.8 Å². The topological polar surface area (TPSA) is 92.1 Å². The number of hydrogen-bond donors (Lipinski definition) is 3. The number of aryl methyl sites for hydroxylation is 1. The minimum Gasteiger partial charge on any atom is -0.396 e. The molecular formula is C16H23N5O2. The number of carbonyl (C=O) groups excluding carboxylic acids is 1. The van der Waals surface area contributed by atoms with E-state index >= 15 is 0 Å². The average Bonchev–Trinajstić information content (AvgIpc) is 2.89. The predicted molar refractivity (Wildman–Crippen MR) is 86.7 cm³/mol. The summed E-state index contributed by atoms with van der Waals surface area (Å²) in [5.74, 6) is -0.0595. The summed E-state index contributed by atoms with van der Waals surface area (Å²) in [6.45, 7) is 2.77. The van der Waals surface area contributed by atoms with Crippen molar-refractivity contribution in [3.8, 4) is 0 Å². The standard InChI is InChI=1S/C16H23N5O2/c1-12-14(10-20-21(12)2)9-19-16(23)18-8-13(11-22)7-15-5-3-4-6-17-15/h3-6,10,13,22H,7-9,11H2,1-2H3,(H2,18,19,23). The number of aliphatic hydroxyl groups excluding tert-OH is 1. The molecule has 2 heterocycles. The van der Waals surface area contributed by atoms with Gasteiger partial charge in [0.05, 0.1) is 6.20 Å². The highest BCUT2D eigenvalue weighted by molar-refractivity contribution is 5.73. The Bertz CT molecular complexity index is 627. The van der Waals surface area contributed by atoms with Gasteiger partial charge in [-0.05, 0) is 25.5 Å². The molecule has 0 radical (unpaired) electrons. The number of hydrogen-bond acceptors (Lipinski definition) is 4. The summed E-state index contributed by atoms with van der Waals surface area (Å²) in [5, 5.41) is 19.2. The monoisotopic (exact) mass is 317 g/mol. The minimum absolute atomic E-state index is 0.00142. The summed E-state index contributed by atoms with van der Waals surface area (Å²) >= 11 is 0. The second kappa shape index (κ2) is 8.28. The molecule has 1 unspecified atom stereocenters. The van der Waals surface area contributed by atoms with Crippen LogP contribution in [0.3, 0.4) is 0 Å². The molecule has 0 fully saturated rings. The third-order valence-electron chi connectivity index (χ3n) is 3.81. The first-order valence-corrected chi connectivity index (χ1v) is 7.60. The fourth-order valence-corrected chi connectivity index (χ4v) is 2.21. The van der Waals surface area contributed by atoms with Gasteiger partial charge in [0.2, 0.25) is 0 Å². The Kier molecular flexibility index (Phi) is 6.10. The Morgan fingerprint density at radius 3 is 2.83 bits per heavy atom. The van der Waals surface area contributed by atoms with E-state index in [1.54, 1.807) is 17.1 Å². The van der Waals surface area contributed by atoms with Crippen LogP contribution in [0.25, 0.3) is 0 Å². The van der Waals surface area contributed by atoms with E-state index in [9.17, 15) is 9.90 Å². The summed E-state index contributed by atoms with van der Waals surface area (Å²) in [6, 6.07) is 5.41. The maximum atomic E-state index is 11.9. The van der Waals surface area contributed by atoms with E-state index in [4.69, 9.17) is 0 Å². The fraction of sp³-hybridized carbons (Fsp3) is 0.438. The summed E-state index contributed by atoms with van der Waals surface area (Å²) in [7, 11) is 1.86. The summed E-state index contributed by atoms with van der Waals surface area (Å²) in [4.78, 5) is 16.1. The van der Waals surface area contributed by atoms with Gasteiger partial charge in [0.25, 0.3) is 0 Å². The smallest absolute Gasteiger partial charge is 0.315 e. The largest absolute Gasteiger partial charge is 0.396 e. The number of rotatable bonds is 7. The Morgan fingerprint density at radius 1 is 1.39 bits per heavy atom. The van der Waals surface area contributed by atoms with Crippen molar-refractivity contribution in [2.75, 3.05) is 13.2 Å². The van der Waals surface area contributed by atoms with Crippen molar-refractivity contribution >= 4 is 6.03 Å². The first-order chi connectivity index (χ1) is 11.1. The van der Waals surface area contributed by atoms with E-state index in [0.29, 0.717) is 19.5 Å². The molecule has 0 spiro atoms. The van der Waals surface area contributed by atoms with Gasteiger partial charge >= 0.3 is 6.03 Å². The molecule has 2 amide bonds. The molecule has 1 atom stereocenters. The molecule has 0 saturated carbocycles. The van der Waals surface area contributed by atoms with E-state index in [-0.39, 0.29) is 18.6 Å². The van der Waals surface area contributed by atoms with Crippen molar-refractivity contribution in [2.24, 2.45) is 13.0 Å². The van der Waals surface area contributed by atoms with Gasteiger partial charge in [0.1, 0.15) is 0 Å². The van der Waals surface area contributed by atoms with E-state index in [1.165, 1.54) is 0 Å². The molecule has 23 heavy (non-hydrogen) atoms. The van der Waals surface area contributed by atoms with Crippen molar-refractivity contribution in [3.05, 3.63) is 47.5 Å². The number of amides is 2. The van der Waals surface area contributed by atoms with Crippen molar-refractivity contribution in [2.45, 2.75) is 19.9 Å². The van der Waals surface area contributed by atoms with Crippen LogP contribution in [0.15, 0.2) is 30.6 Å². The van der Waals surface area contributed by atoms with Crippen LogP contribution in [0.1, 0.15) is 17.0 Å². The zero-order chi connectivity index (χ0) is 16.7. The van der Waals surface area contributed by atoms with Crippen molar-refractivity contribution in [3.63, 3.8) is 0 Å². The molecule has 2 aromatic rings. The zero-order valence-electron chi connectivity index (χ0n) is 13.5. The number of carbonyl (C=O) groups is 1. The number of nitrogens with one attached hydrogen (secondary N) is 2. The van der Waals surface area contributed by atoms with Crippen molar-refractivity contribution < 1.29 is 9.90 Å². The van der Waals surface area contributed by atoms with Gasteiger partial charge in [-0.15, -0.1) is 0 Å². The molecule has 0 aliphatic rings. The molecule has 0 saturated heterocycles. The van der Waals surface area contributed by atoms with E-state index in [0.717, 1.165) is 17.0 Å². The lowest BCUT2D eigenvalue weighted by Crippen LogP contribution is -2.39. The molecule has 7 nitrogen and oxygen atoms in total. The summed E-state index contributed by atoms with van der Waals surface area (Å²) in [6.07, 6.45) is 4.09. The Labute approximate surface area is 135 Å². The molecule has 0 aromatic carbocycles. The Hall–Kier alpha value is -2.41. The van der Waals surface area contributed by atoms with Gasteiger partial charge in [-0.3, -0.25) is 9.67 Å². The summed E-state index contributed by atoms with van der Waals surface area (Å²) < 4.78 is 1.77. The molecule has 7 heteroatoms. The SMILES string of the molecule is Cc1c(CNC(=O)NCC(CO)Cc2ccccn2)cnn1C. The lowest BCUT2D eigenvalue weighted by Gasteiger charge is -2.15. The lowest BCUT2D eigenvalue weighted by molar-refractivity contribution is 0.213. The van der Waals surface area contributed by atoms with Gasteiger partial charge in [0.15, 0.2) is 0 Å². The normalized spacial score (nSPS) is 12.0. The molecule has 124 valence electrons. The van der Waals surface area contributed by atoms with Gasteiger partial charge in [-0.1, -0.05) is 6.07 Å². The molecule has 0 aliphatic heterocycles. The molecule has 0 aliphatic carbocycles. The van der Waals surface area contributed by atoms with Gasteiger partial charge in [0, 0.05) is 55.8 Å². The maximum Gasteiger partial charge on any atom is 0.315 e. The van der Waals surface area contributed by atoms with Crippen molar-refractivity contribution in [1.29, 1.82) is 0 Å². The van der Waals surface area contributed by atoms with Crippen LogP contribution >= 0.6 is 0 Å². The second-order valence-corrected chi connectivity index (χ2v) is 5.52.